The summed E-state index contributed by atoms with van der Waals surface area (Å²) >= 11 is 17.5. The molecule has 0 aliphatic carbocycles. The van der Waals surface area contributed by atoms with Gasteiger partial charge in [-0.05, 0) is 12.1 Å². The summed E-state index contributed by atoms with van der Waals surface area (Å²) in [5.41, 5.74) is 3.88. The van der Waals surface area contributed by atoms with Crippen molar-refractivity contribution in [2.24, 2.45) is 0 Å². The largest absolute Gasteiger partial charge is 0.465 e. The van der Waals surface area contributed by atoms with Crippen molar-refractivity contribution in [2.45, 2.75) is 0 Å². The number of carbonyl (C=O) groups is 3. The quantitative estimate of drug-likeness (QED) is 0.458. The van der Waals surface area contributed by atoms with Crippen LogP contribution in [0.15, 0.2) is 22.7 Å². The summed E-state index contributed by atoms with van der Waals surface area (Å²) in [6, 6.07) is 4.65. The van der Waals surface area contributed by atoms with E-state index in [1.807, 2.05) is 10.9 Å². The van der Waals surface area contributed by atoms with Crippen LogP contribution in [0.1, 0.15) is 20.9 Å². The van der Waals surface area contributed by atoms with E-state index >= 15 is 0 Å². The first-order valence-corrected chi connectivity index (χ1v) is 7.87. The summed E-state index contributed by atoms with van der Waals surface area (Å²) in [6.07, 6.45) is 0. The Kier molecular flexibility index (Phi) is 6.24. The number of esters is 1. The van der Waals surface area contributed by atoms with Gasteiger partial charge in [0.05, 0.1) is 17.2 Å². The number of rotatable bonds is 4. The number of benzene rings is 1. The molecule has 0 saturated heterocycles. The third-order valence-electron chi connectivity index (χ3n) is 2.92. The van der Waals surface area contributed by atoms with Gasteiger partial charge in [-0.2, -0.15) is 0 Å². The van der Waals surface area contributed by atoms with Crippen LogP contribution in [0.2, 0.25) is 10.0 Å². The van der Waals surface area contributed by atoms with Crippen LogP contribution in [-0.2, 0) is 9.53 Å². The van der Waals surface area contributed by atoms with E-state index in [-0.39, 0.29) is 32.7 Å². The minimum absolute atomic E-state index is 0.0729. The number of hydrogen-bond acceptors (Lipinski definition) is 6. The maximum atomic E-state index is 12.1. The van der Waals surface area contributed by atoms with Crippen LogP contribution < -0.4 is 10.9 Å². The van der Waals surface area contributed by atoms with E-state index in [4.69, 9.17) is 39.3 Å². The molecule has 0 fully saturated rings. The number of halogens is 3. The highest BCUT2D eigenvalue weighted by Crippen LogP contribution is 2.37. The molecule has 0 saturated carbocycles. The predicted molar refractivity (Wildman–Crippen MR) is 89.6 cm³/mol. The number of aromatic nitrogens is 1. The minimum Gasteiger partial charge on any atom is -0.465 e. The van der Waals surface area contributed by atoms with Crippen LogP contribution in [0.4, 0.5) is 0 Å². The van der Waals surface area contributed by atoms with E-state index in [1.165, 1.54) is 12.1 Å². The fourth-order valence-corrected chi connectivity index (χ4v) is 2.49. The van der Waals surface area contributed by atoms with Gasteiger partial charge in [-0.1, -0.05) is 34.4 Å². The van der Waals surface area contributed by atoms with E-state index in [1.54, 1.807) is 6.07 Å². The molecule has 2 rings (SSSR count). The highest BCUT2D eigenvalue weighted by molar-refractivity contribution is 6.39. The van der Waals surface area contributed by atoms with Crippen molar-refractivity contribution in [3.8, 4) is 11.3 Å². The molecule has 0 aliphatic heterocycles. The Hall–Kier alpha value is -2.29. The van der Waals surface area contributed by atoms with Gasteiger partial charge < -0.3 is 9.26 Å². The van der Waals surface area contributed by atoms with Gasteiger partial charge >= 0.3 is 11.9 Å². The first-order chi connectivity index (χ1) is 11.9. The third kappa shape index (κ3) is 4.04. The summed E-state index contributed by atoms with van der Waals surface area (Å²) in [4.78, 5) is 35.4. The van der Waals surface area contributed by atoms with Gasteiger partial charge in [0, 0.05) is 5.56 Å². The fraction of sp³-hybridized carbons (Fsp3) is 0.143. The molecule has 0 spiro atoms. The van der Waals surface area contributed by atoms with Crippen LogP contribution in [0.3, 0.4) is 0 Å². The first kappa shape index (κ1) is 19.0. The van der Waals surface area contributed by atoms with Crippen molar-refractivity contribution in [1.29, 1.82) is 0 Å². The van der Waals surface area contributed by atoms with Crippen LogP contribution in [-0.4, -0.2) is 35.9 Å². The van der Waals surface area contributed by atoms with Crippen LogP contribution in [0.25, 0.3) is 11.3 Å². The molecule has 2 aromatic rings. The smallest absolute Gasteiger partial charge is 0.344 e. The molecule has 0 unspecified atom stereocenters. The lowest BCUT2D eigenvalue weighted by atomic mass is 10.1. The normalized spacial score (nSPS) is 10.2. The Morgan fingerprint density at radius 3 is 2.40 bits per heavy atom. The topological polar surface area (TPSA) is 111 Å². The second kappa shape index (κ2) is 8.19. The van der Waals surface area contributed by atoms with Crippen molar-refractivity contribution in [3.05, 3.63) is 39.6 Å². The lowest BCUT2D eigenvalue weighted by Crippen LogP contribution is -2.42. The summed E-state index contributed by atoms with van der Waals surface area (Å²) in [5.74, 6) is -3.38. The molecular formula is C14H10Cl3N3O5. The van der Waals surface area contributed by atoms with Gasteiger partial charge in [-0.3, -0.25) is 20.4 Å². The van der Waals surface area contributed by atoms with E-state index in [0.717, 1.165) is 7.11 Å². The van der Waals surface area contributed by atoms with Gasteiger partial charge in [0.15, 0.2) is 0 Å². The Morgan fingerprint density at radius 1 is 1.20 bits per heavy atom. The van der Waals surface area contributed by atoms with Gasteiger partial charge in [-0.15, -0.1) is 11.6 Å². The van der Waals surface area contributed by atoms with Crippen molar-refractivity contribution in [1.82, 2.24) is 16.0 Å². The van der Waals surface area contributed by atoms with Crippen LogP contribution in [0, 0.1) is 0 Å². The number of nitrogens with one attached hydrogen (secondary N) is 2. The minimum atomic E-state index is -0.944. The second-order valence-corrected chi connectivity index (χ2v) is 5.54. The standard InChI is InChI=1S/C14H10Cl3N3O5/c1-24-14(23)10-11(9-6(16)3-2-4-7(9)17)20-25-12(10)13(22)19-18-8(21)5-15/h2-4H,5H2,1H3,(H,18,21)(H,19,22). The molecule has 25 heavy (non-hydrogen) atoms. The number of ether oxygens (including phenoxy) is 1. The van der Waals surface area contributed by atoms with Crippen LogP contribution in [0.5, 0.6) is 0 Å². The molecule has 0 bridgehead atoms. The molecule has 8 nitrogen and oxygen atoms in total. The van der Waals surface area contributed by atoms with Crippen molar-refractivity contribution < 1.29 is 23.6 Å². The summed E-state index contributed by atoms with van der Waals surface area (Å²) in [5, 5.41) is 4.08. The first-order valence-electron chi connectivity index (χ1n) is 6.58. The molecular weight excluding hydrogens is 397 g/mol. The van der Waals surface area contributed by atoms with E-state index in [2.05, 4.69) is 9.89 Å². The maximum absolute atomic E-state index is 12.1. The van der Waals surface area contributed by atoms with Crippen molar-refractivity contribution in [2.75, 3.05) is 13.0 Å². The van der Waals surface area contributed by atoms with E-state index in [9.17, 15) is 14.4 Å². The number of methoxy groups -OCH3 is 1. The van der Waals surface area contributed by atoms with E-state index in [0.29, 0.717) is 0 Å². The third-order valence-corrected chi connectivity index (χ3v) is 3.80. The Balaban J connectivity index is 2.50. The number of nitrogens with zero attached hydrogens (tertiary/aromatic N) is 1. The Bertz CT molecular complexity index is 817. The molecule has 0 radical (unpaired) electrons. The summed E-state index contributed by atoms with van der Waals surface area (Å²) < 4.78 is 9.61. The average molecular weight is 407 g/mol. The summed E-state index contributed by atoms with van der Waals surface area (Å²) in [7, 11) is 1.12. The van der Waals surface area contributed by atoms with Gasteiger partial charge in [0.2, 0.25) is 5.76 Å². The molecule has 2 amide bonds. The van der Waals surface area contributed by atoms with Crippen molar-refractivity contribution in [3.63, 3.8) is 0 Å². The van der Waals surface area contributed by atoms with Crippen LogP contribution >= 0.6 is 34.8 Å². The Labute approximate surface area is 156 Å². The Morgan fingerprint density at radius 2 is 1.84 bits per heavy atom. The highest BCUT2D eigenvalue weighted by Gasteiger charge is 2.31. The predicted octanol–water partition coefficient (Wildman–Crippen LogP) is 2.43. The van der Waals surface area contributed by atoms with Gasteiger partial charge in [0.1, 0.15) is 17.1 Å². The average Bonchev–Trinajstić information content (AvgIpc) is 3.03. The number of carbonyl (C=O) groups excluding carboxylic acids is 3. The zero-order valence-electron chi connectivity index (χ0n) is 12.6. The van der Waals surface area contributed by atoms with Gasteiger partial charge in [-0.25, -0.2) is 4.79 Å². The lowest BCUT2D eigenvalue weighted by Gasteiger charge is -2.06. The van der Waals surface area contributed by atoms with E-state index < -0.39 is 23.5 Å². The number of hydrogen-bond donors (Lipinski definition) is 2. The molecule has 0 atom stereocenters. The SMILES string of the molecule is COC(=O)c1c(-c2c(Cl)cccc2Cl)noc1C(=O)NNC(=O)CCl. The molecule has 1 aromatic carbocycles. The number of alkyl halides is 1. The number of amides is 2. The number of hydrazine groups is 1. The summed E-state index contributed by atoms with van der Waals surface area (Å²) in [6.45, 7) is 0. The molecule has 11 heteroatoms. The molecule has 1 aromatic heterocycles. The lowest BCUT2D eigenvalue weighted by molar-refractivity contribution is -0.119. The molecule has 2 N–H and O–H groups in total. The highest BCUT2D eigenvalue weighted by atomic mass is 35.5. The molecule has 132 valence electrons. The zero-order valence-corrected chi connectivity index (χ0v) is 14.8. The fourth-order valence-electron chi connectivity index (χ4n) is 1.85. The zero-order chi connectivity index (χ0) is 18.6. The molecule has 1 heterocycles. The maximum Gasteiger partial charge on any atom is 0.344 e. The van der Waals surface area contributed by atoms with Crippen molar-refractivity contribution >= 4 is 52.6 Å². The van der Waals surface area contributed by atoms with Gasteiger partial charge in [0.25, 0.3) is 5.91 Å². The monoisotopic (exact) mass is 405 g/mol. The molecule has 0 aliphatic rings. The second-order valence-electron chi connectivity index (χ2n) is 4.46.